The van der Waals surface area contributed by atoms with Gasteiger partial charge in [-0.1, -0.05) is 0 Å². The number of nitrogens with zero attached hydrogens (tertiary/aromatic N) is 1. The summed E-state index contributed by atoms with van der Waals surface area (Å²) >= 11 is 0. The van der Waals surface area contributed by atoms with Crippen LogP contribution in [-0.4, -0.2) is 70.7 Å². The molecule has 112 valence electrons. The summed E-state index contributed by atoms with van der Waals surface area (Å²) in [5, 5.41) is 8.84. The maximum Gasteiger partial charge on any atom is 0.407 e. The molecule has 1 fully saturated rings. The lowest BCUT2D eigenvalue weighted by molar-refractivity contribution is 0.000720. The first-order valence-corrected chi connectivity index (χ1v) is 8.85. The van der Waals surface area contributed by atoms with E-state index < -0.39 is 38.5 Å². The molecule has 0 aromatic carbocycles. The predicted octanol–water partition coefficient (Wildman–Crippen LogP) is -0.940. The van der Waals surface area contributed by atoms with Gasteiger partial charge in [-0.2, -0.15) is 16.8 Å². The molecule has 0 aromatic rings. The summed E-state index contributed by atoms with van der Waals surface area (Å²) in [5.74, 6) is 0. The first-order chi connectivity index (χ1) is 8.48. The summed E-state index contributed by atoms with van der Waals surface area (Å²) in [7, 11) is -7.65. The second-order valence-corrected chi connectivity index (χ2v) is 7.40. The van der Waals surface area contributed by atoms with Crippen LogP contribution >= 0.6 is 0 Å². The highest BCUT2D eigenvalue weighted by atomic mass is 32.2. The summed E-state index contributed by atoms with van der Waals surface area (Å²) in [6.45, 7) is -0.234. The summed E-state index contributed by atoms with van der Waals surface area (Å²) in [5.41, 5.74) is 0. The van der Waals surface area contributed by atoms with Crippen LogP contribution in [0.2, 0.25) is 0 Å². The molecular weight excluding hydrogens is 302 g/mol. The van der Waals surface area contributed by atoms with Crippen LogP contribution in [-0.2, 0) is 28.6 Å². The molecule has 0 aromatic heterocycles. The number of hydrogen-bond acceptors (Lipinski definition) is 7. The van der Waals surface area contributed by atoms with Crippen molar-refractivity contribution in [3.05, 3.63) is 0 Å². The van der Waals surface area contributed by atoms with Crippen molar-refractivity contribution in [3.63, 3.8) is 0 Å². The van der Waals surface area contributed by atoms with Crippen LogP contribution in [0.1, 0.15) is 6.42 Å². The molecule has 1 aliphatic rings. The standard InChI is InChI=1S/C8H15NO8S2/c1-18(12,13)16-6-3-4-9(8(10)11)5-7(6)17-19(2,14)15/h6-7H,3-5H2,1-2H3,(H,10,11). The Balaban J connectivity index is 2.87. The van der Waals surface area contributed by atoms with Gasteiger partial charge in [0.2, 0.25) is 0 Å². The largest absolute Gasteiger partial charge is 0.465 e. The van der Waals surface area contributed by atoms with Gasteiger partial charge in [0, 0.05) is 6.54 Å². The average molecular weight is 317 g/mol. The Labute approximate surface area is 111 Å². The van der Waals surface area contributed by atoms with Crippen molar-refractivity contribution in [1.82, 2.24) is 4.90 Å². The third-order valence-corrected chi connectivity index (χ3v) is 3.56. The summed E-state index contributed by atoms with van der Waals surface area (Å²) in [4.78, 5) is 11.8. The number of piperidine rings is 1. The molecule has 2 unspecified atom stereocenters. The third kappa shape index (κ3) is 5.72. The maximum absolute atomic E-state index is 11.1. The van der Waals surface area contributed by atoms with Gasteiger partial charge >= 0.3 is 6.09 Å². The lowest BCUT2D eigenvalue weighted by Gasteiger charge is -2.35. The van der Waals surface area contributed by atoms with Crippen molar-refractivity contribution in [2.24, 2.45) is 0 Å². The van der Waals surface area contributed by atoms with Gasteiger partial charge < -0.3 is 10.0 Å². The molecule has 1 heterocycles. The highest BCUT2D eigenvalue weighted by Gasteiger charge is 2.37. The highest BCUT2D eigenvalue weighted by molar-refractivity contribution is 7.86. The minimum atomic E-state index is -3.86. The van der Waals surface area contributed by atoms with E-state index in [-0.39, 0.29) is 19.5 Å². The van der Waals surface area contributed by atoms with Gasteiger partial charge in [0.15, 0.2) is 0 Å². The molecule has 19 heavy (non-hydrogen) atoms. The molecule has 0 saturated carbocycles. The molecular formula is C8H15NO8S2. The van der Waals surface area contributed by atoms with Crippen molar-refractivity contribution >= 4 is 26.3 Å². The van der Waals surface area contributed by atoms with E-state index in [9.17, 15) is 21.6 Å². The zero-order valence-electron chi connectivity index (χ0n) is 10.3. The lowest BCUT2D eigenvalue weighted by atomic mass is 10.1. The molecule has 1 aliphatic heterocycles. The van der Waals surface area contributed by atoms with Crippen molar-refractivity contribution in [3.8, 4) is 0 Å². The van der Waals surface area contributed by atoms with E-state index in [1.807, 2.05) is 0 Å². The Morgan fingerprint density at radius 3 is 2.00 bits per heavy atom. The van der Waals surface area contributed by atoms with Crippen molar-refractivity contribution in [2.75, 3.05) is 25.6 Å². The van der Waals surface area contributed by atoms with Gasteiger partial charge in [-0.25, -0.2) is 4.79 Å². The van der Waals surface area contributed by atoms with Crippen LogP contribution in [0.3, 0.4) is 0 Å². The van der Waals surface area contributed by atoms with Crippen molar-refractivity contribution < 1.29 is 35.1 Å². The molecule has 11 heteroatoms. The summed E-state index contributed by atoms with van der Waals surface area (Å²) in [6, 6.07) is 0. The number of carbonyl (C=O) groups is 1. The van der Waals surface area contributed by atoms with E-state index in [0.29, 0.717) is 0 Å². The Morgan fingerprint density at radius 2 is 1.58 bits per heavy atom. The molecule has 0 bridgehead atoms. The van der Waals surface area contributed by atoms with E-state index in [0.717, 1.165) is 17.4 Å². The molecule has 1 rings (SSSR count). The maximum atomic E-state index is 11.1. The van der Waals surface area contributed by atoms with Gasteiger partial charge in [-0.05, 0) is 6.42 Å². The minimum Gasteiger partial charge on any atom is -0.465 e. The topological polar surface area (TPSA) is 127 Å². The van der Waals surface area contributed by atoms with Crippen LogP contribution in [0.15, 0.2) is 0 Å². The number of likely N-dealkylation sites (tertiary alicyclic amines) is 1. The second kappa shape index (κ2) is 5.61. The van der Waals surface area contributed by atoms with Crippen LogP contribution < -0.4 is 0 Å². The van der Waals surface area contributed by atoms with Crippen LogP contribution in [0.4, 0.5) is 4.79 Å². The number of rotatable bonds is 4. The second-order valence-electron chi connectivity index (χ2n) is 4.19. The van der Waals surface area contributed by atoms with E-state index in [4.69, 9.17) is 13.5 Å². The normalized spacial score (nSPS) is 25.3. The summed E-state index contributed by atoms with van der Waals surface area (Å²) < 4.78 is 53.7. The first kappa shape index (κ1) is 16.1. The fourth-order valence-corrected chi connectivity index (χ4v) is 3.02. The lowest BCUT2D eigenvalue weighted by Crippen LogP contribution is -2.51. The van der Waals surface area contributed by atoms with E-state index in [2.05, 4.69) is 0 Å². The number of amides is 1. The molecule has 2 atom stereocenters. The molecule has 1 saturated heterocycles. The summed E-state index contributed by atoms with van der Waals surface area (Å²) in [6.07, 6.45) is -1.80. The highest BCUT2D eigenvalue weighted by Crippen LogP contribution is 2.20. The van der Waals surface area contributed by atoms with Crippen LogP contribution in [0, 0.1) is 0 Å². The van der Waals surface area contributed by atoms with Gasteiger partial charge in [0.05, 0.1) is 19.1 Å². The minimum absolute atomic E-state index is 0.0273. The van der Waals surface area contributed by atoms with Gasteiger partial charge in [0.1, 0.15) is 12.2 Å². The van der Waals surface area contributed by atoms with E-state index in [1.54, 1.807) is 0 Å². The molecule has 0 radical (unpaired) electrons. The molecule has 0 spiro atoms. The van der Waals surface area contributed by atoms with Gasteiger partial charge in [-0.3, -0.25) is 8.37 Å². The Morgan fingerprint density at radius 1 is 1.11 bits per heavy atom. The smallest absolute Gasteiger partial charge is 0.407 e. The third-order valence-electron chi connectivity index (χ3n) is 2.37. The fourth-order valence-electron chi connectivity index (χ4n) is 1.72. The number of carboxylic acid groups (broad SMARTS) is 1. The van der Waals surface area contributed by atoms with Crippen LogP contribution in [0.25, 0.3) is 0 Å². The quantitative estimate of drug-likeness (QED) is 0.658. The van der Waals surface area contributed by atoms with Gasteiger partial charge in [0.25, 0.3) is 20.2 Å². The average Bonchev–Trinajstić information content (AvgIpc) is 2.15. The van der Waals surface area contributed by atoms with E-state index >= 15 is 0 Å². The monoisotopic (exact) mass is 317 g/mol. The van der Waals surface area contributed by atoms with Crippen LogP contribution in [0.5, 0.6) is 0 Å². The molecule has 0 aliphatic carbocycles. The Hall–Kier alpha value is -0.910. The molecule has 9 nitrogen and oxygen atoms in total. The van der Waals surface area contributed by atoms with Crippen molar-refractivity contribution in [2.45, 2.75) is 18.6 Å². The zero-order chi connectivity index (χ0) is 14.8. The van der Waals surface area contributed by atoms with Crippen molar-refractivity contribution in [1.29, 1.82) is 0 Å². The Bertz CT molecular complexity index is 539. The number of hydrogen-bond donors (Lipinski definition) is 1. The predicted molar refractivity (Wildman–Crippen MR) is 63.6 cm³/mol. The zero-order valence-corrected chi connectivity index (χ0v) is 12.0. The van der Waals surface area contributed by atoms with E-state index in [1.165, 1.54) is 0 Å². The van der Waals surface area contributed by atoms with Gasteiger partial charge in [-0.15, -0.1) is 0 Å². The fraction of sp³-hybridized carbons (Fsp3) is 0.875. The SMILES string of the molecule is CS(=O)(=O)OC1CCN(C(=O)O)CC1OS(C)(=O)=O. The first-order valence-electron chi connectivity index (χ1n) is 5.22. The molecule has 1 amide bonds. The Kier molecular flexibility index (Phi) is 4.76. The molecule has 1 N–H and O–H groups in total.